The molecule has 6 nitrogen and oxygen atoms in total. The van der Waals surface area contributed by atoms with Crippen molar-refractivity contribution in [2.75, 3.05) is 25.5 Å². The number of carbonyl (C=O) groups is 1. The fourth-order valence-corrected chi connectivity index (χ4v) is 5.10. The number of nitrogens with zero attached hydrogens (tertiary/aromatic N) is 1. The maximum absolute atomic E-state index is 12.8. The van der Waals surface area contributed by atoms with E-state index >= 15 is 0 Å². The van der Waals surface area contributed by atoms with E-state index in [2.05, 4.69) is 5.32 Å². The molecule has 0 radical (unpaired) electrons. The van der Waals surface area contributed by atoms with Crippen molar-refractivity contribution < 1.29 is 17.9 Å². The molecule has 156 valence electrons. The predicted molar refractivity (Wildman–Crippen MR) is 114 cm³/mol. The fourth-order valence-electron chi connectivity index (χ4n) is 3.23. The van der Waals surface area contributed by atoms with E-state index < -0.39 is 10.0 Å². The zero-order valence-electron chi connectivity index (χ0n) is 16.0. The van der Waals surface area contributed by atoms with E-state index in [0.29, 0.717) is 46.6 Å². The van der Waals surface area contributed by atoms with Crippen LogP contribution in [0.5, 0.6) is 5.75 Å². The second kappa shape index (κ2) is 9.34. The maximum atomic E-state index is 12.8. The molecule has 1 amide bonds. The maximum Gasteiger partial charge on any atom is 0.243 e. The lowest BCUT2D eigenvalue weighted by atomic mass is 10.1. The second-order valence-electron chi connectivity index (χ2n) is 6.76. The highest BCUT2D eigenvalue weighted by atomic mass is 35.5. The van der Waals surface area contributed by atoms with Gasteiger partial charge in [0.25, 0.3) is 0 Å². The lowest BCUT2D eigenvalue weighted by Gasteiger charge is -2.17. The molecule has 29 heavy (non-hydrogen) atoms. The van der Waals surface area contributed by atoms with Gasteiger partial charge in [0.1, 0.15) is 5.75 Å². The summed E-state index contributed by atoms with van der Waals surface area (Å²) in [6, 6.07) is 9.62. The molecule has 1 fully saturated rings. The Morgan fingerprint density at radius 3 is 2.48 bits per heavy atom. The highest BCUT2D eigenvalue weighted by molar-refractivity contribution is 7.89. The summed E-state index contributed by atoms with van der Waals surface area (Å²) in [7, 11) is -2.01. The molecule has 1 aliphatic rings. The highest BCUT2D eigenvalue weighted by Crippen LogP contribution is 2.28. The SMILES string of the molecule is COc1ccc(S(=O)(=O)N2CCCC2)cc1CCC(=O)Nc1ccc(Cl)c(Cl)c1. The average Bonchev–Trinajstić information content (AvgIpc) is 3.24. The number of amides is 1. The van der Waals surface area contributed by atoms with Crippen LogP contribution in [0.25, 0.3) is 0 Å². The number of hydrogen-bond donors (Lipinski definition) is 1. The van der Waals surface area contributed by atoms with E-state index in [1.807, 2.05) is 0 Å². The van der Waals surface area contributed by atoms with Gasteiger partial charge in [-0.25, -0.2) is 8.42 Å². The second-order valence-corrected chi connectivity index (χ2v) is 9.51. The predicted octanol–water partition coefficient (Wildman–Crippen LogP) is 4.36. The molecule has 1 heterocycles. The summed E-state index contributed by atoms with van der Waals surface area (Å²) in [6.45, 7) is 1.07. The molecule has 0 saturated carbocycles. The summed E-state index contributed by atoms with van der Waals surface area (Å²) in [5, 5.41) is 3.52. The molecular formula is C20H22Cl2N2O4S. The van der Waals surface area contributed by atoms with E-state index in [4.69, 9.17) is 27.9 Å². The van der Waals surface area contributed by atoms with Crippen LogP contribution in [0.4, 0.5) is 5.69 Å². The van der Waals surface area contributed by atoms with Crippen molar-refractivity contribution in [3.8, 4) is 5.75 Å². The van der Waals surface area contributed by atoms with Gasteiger partial charge in [-0.05, 0) is 61.2 Å². The zero-order valence-corrected chi connectivity index (χ0v) is 18.3. The third-order valence-electron chi connectivity index (χ3n) is 4.78. The summed E-state index contributed by atoms with van der Waals surface area (Å²) in [5.41, 5.74) is 1.21. The molecule has 2 aromatic carbocycles. The van der Waals surface area contributed by atoms with Crippen molar-refractivity contribution >= 4 is 44.8 Å². The Kier molecular flexibility index (Phi) is 7.05. The van der Waals surface area contributed by atoms with Gasteiger partial charge in [-0.1, -0.05) is 23.2 Å². The van der Waals surface area contributed by atoms with Gasteiger partial charge in [0.15, 0.2) is 0 Å². The molecule has 9 heteroatoms. The summed E-state index contributed by atoms with van der Waals surface area (Å²) >= 11 is 11.8. The number of rotatable bonds is 7. The Balaban J connectivity index is 1.72. The van der Waals surface area contributed by atoms with Crippen molar-refractivity contribution in [2.24, 2.45) is 0 Å². The number of sulfonamides is 1. The van der Waals surface area contributed by atoms with Crippen LogP contribution in [0.3, 0.4) is 0 Å². The van der Waals surface area contributed by atoms with Crippen LogP contribution in [0.15, 0.2) is 41.3 Å². The van der Waals surface area contributed by atoms with E-state index in [1.165, 1.54) is 11.4 Å². The monoisotopic (exact) mass is 456 g/mol. The number of anilines is 1. The minimum atomic E-state index is -3.53. The molecular weight excluding hydrogens is 435 g/mol. The van der Waals surface area contributed by atoms with Gasteiger partial charge in [0.05, 0.1) is 22.1 Å². The van der Waals surface area contributed by atoms with Crippen molar-refractivity contribution in [1.29, 1.82) is 0 Å². The Bertz CT molecular complexity index is 1010. The molecule has 3 rings (SSSR count). The van der Waals surface area contributed by atoms with Gasteiger partial charge in [0.2, 0.25) is 15.9 Å². The van der Waals surface area contributed by atoms with Crippen molar-refractivity contribution in [1.82, 2.24) is 4.31 Å². The number of ether oxygens (including phenoxy) is 1. The molecule has 0 spiro atoms. The topological polar surface area (TPSA) is 75.7 Å². The van der Waals surface area contributed by atoms with Crippen LogP contribution in [0, 0.1) is 0 Å². The van der Waals surface area contributed by atoms with Crippen LogP contribution in [0.2, 0.25) is 10.0 Å². The zero-order chi connectivity index (χ0) is 21.0. The van der Waals surface area contributed by atoms with Crippen molar-refractivity contribution in [3.05, 3.63) is 52.0 Å². The third-order valence-corrected chi connectivity index (χ3v) is 7.41. The van der Waals surface area contributed by atoms with E-state index in [0.717, 1.165) is 12.8 Å². The number of methoxy groups -OCH3 is 1. The largest absolute Gasteiger partial charge is 0.496 e. The first-order valence-electron chi connectivity index (χ1n) is 9.23. The molecule has 0 unspecified atom stereocenters. The lowest BCUT2D eigenvalue weighted by molar-refractivity contribution is -0.116. The van der Waals surface area contributed by atoms with Gasteiger partial charge in [-0.3, -0.25) is 4.79 Å². The molecule has 2 aromatic rings. The number of halogens is 2. The Labute approximate surface area is 180 Å². The quantitative estimate of drug-likeness (QED) is 0.671. The van der Waals surface area contributed by atoms with Gasteiger partial charge in [-0.15, -0.1) is 0 Å². The summed E-state index contributed by atoms with van der Waals surface area (Å²) < 4.78 is 32.5. The third kappa shape index (κ3) is 5.22. The van der Waals surface area contributed by atoms with Crippen molar-refractivity contribution in [3.63, 3.8) is 0 Å². The number of nitrogens with one attached hydrogen (secondary N) is 1. The number of carbonyl (C=O) groups excluding carboxylic acids is 1. The fraction of sp³-hybridized carbons (Fsp3) is 0.350. The summed E-state index contributed by atoms with van der Waals surface area (Å²) in [5.74, 6) is 0.325. The summed E-state index contributed by atoms with van der Waals surface area (Å²) in [6.07, 6.45) is 2.23. The molecule has 1 saturated heterocycles. The molecule has 1 aliphatic heterocycles. The highest BCUT2D eigenvalue weighted by Gasteiger charge is 2.27. The number of hydrogen-bond acceptors (Lipinski definition) is 4. The number of aryl methyl sites for hydroxylation is 1. The first kappa shape index (κ1) is 21.9. The Morgan fingerprint density at radius 2 is 1.83 bits per heavy atom. The minimum Gasteiger partial charge on any atom is -0.496 e. The van der Waals surface area contributed by atoms with E-state index in [-0.39, 0.29) is 17.2 Å². The van der Waals surface area contributed by atoms with Crippen LogP contribution in [-0.2, 0) is 21.2 Å². The standard InChI is InChI=1S/C20H22Cl2N2O4S/c1-28-19-8-6-16(29(26,27)24-10-2-3-11-24)12-14(19)4-9-20(25)23-15-5-7-17(21)18(22)13-15/h5-8,12-13H,2-4,9-11H2,1H3,(H,23,25). The first-order chi connectivity index (χ1) is 13.8. The van der Waals surface area contributed by atoms with Crippen LogP contribution in [0.1, 0.15) is 24.8 Å². The minimum absolute atomic E-state index is 0.157. The Morgan fingerprint density at radius 1 is 1.10 bits per heavy atom. The lowest BCUT2D eigenvalue weighted by Crippen LogP contribution is -2.28. The van der Waals surface area contributed by atoms with Gasteiger partial charge >= 0.3 is 0 Å². The van der Waals surface area contributed by atoms with Crippen LogP contribution in [-0.4, -0.2) is 38.8 Å². The Hall–Kier alpha value is -1.80. The smallest absolute Gasteiger partial charge is 0.243 e. The average molecular weight is 457 g/mol. The van der Waals surface area contributed by atoms with Gasteiger partial charge in [-0.2, -0.15) is 4.31 Å². The van der Waals surface area contributed by atoms with E-state index in [9.17, 15) is 13.2 Å². The number of benzene rings is 2. The summed E-state index contributed by atoms with van der Waals surface area (Å²) in [4.78, 5) is 12.5. The van der Waals surface area contributed by atoms with E-state index in [1.54, 1.807) is 36.4 Å². The normalized spacial score (nSPS) is 14.7. The molecule has 0 aromatic heterocycles. The van der Waals surface area contributed by atoms with Gasteiger partial charge < -0.3 is 10.1 Å². The van der Waals surface area contributed by atoms with Gasteiger partial charge in [0, 0.05) is 25.2 Å². The molecule has 1 N–H and O–H groups in total. The molecule has 0 bridgehead atoms. The first-order valence-corrected chi connectivity index (χ1v) is 11.4. The molecule has 0 atom stereocenters. The molecule has 0 aliphatic carbocycles. The van der Waals surface area contributed by atoms with Crippen LogP contribution >= 0.6 is 23.2 Å². The van der Waals surface area contributed by atoms with Crippen molar-refractivity contribution in [2.45, 2.75) is 30.6 Å². The van der Waals surface area contributed by atoms with Crippen LogP contribution < -0.4 is 10.1 Å².